The first-order valence-corrected chi connectivity index (χ1v) is 26.7. The van der Waals surface area contributed by atoms with Crippen LogP contribution in [0.4, 0.5) is 0 Å². The van der Waals surface area contributed by atoms with Gasteiger partial charge >= 0.3 is 134 Å². The van der Waals surface area contributed by atoms with Crippen LogP contribution in [0.3, 0.4) is 0 Å². The summed E-state index contributed by atoms with van der Waals surface area (Å²) in [6, 6.07) is 0. The molecule has 0 aliphatic heterocycles. The summed E-state index contributed by atoms with van der Waals surface area (Å²) in [7, 11) is 0. The maximum absolute atomic E-state index is 6.67. The van der Waals surface area contributed by atoms with E-state index in [1.165, 1.54) is 26.6 Å². The fraction of sp³-hybridized carbons (Fsp3) is 1.00. The summed E-state index contributed by atoms with van der Waals surface area (Å²) in [6.07, 6.45) is 0. The zero-order valence-electron chi connectivity index (χ0n) is 13.5. The maximum atomic E-state index is 6.67. The van der Waals surface area contributed by atoms with E-state index in [9.17, 15) is 0 Å². The van der Waals surface area contributed by atoms with E-state index >= 15 is 0 Å². The van der Waals surface area contributed by atoms with Crippen LogP contribution in [-0.2, 0) is 2.71 Å². The zero-order valence-corrected chi connectivity index (χ0v) is 21.8. The van der Waals surface area contributed by atoms with Crippen LogP contribution in [0.2, 0.25) is 31.5 Å². The fourth-order valence-electron chi connectivity index (χ4n) is 2.45. The molecule has 0 saturated heterocycles. The summed E-state index contributed by atoms with van der Waals surface area (Å²) in [6.45, 7) is 14.0. The molecule has 0 aromatic carbocycles. The van der Waals surface area contributed by atoms with Crippen LogP contribution in [0.15, 0.2) is 0 Å². The van der Waals surface area contributed by atoms with Gasteiger partial charge in [0.2, 0.25) is 0 Å². The van der Waals surface area contributed by atoms with Gasteiger partial charge < -0.3 is 0 Å². The first-order valence-electron chi connectivity index (χ1n) is 7.58. The van der Waals surface area contributed by atoms with E-state index in [2.05, 4.69) is 46.4 Å². The van der Waals surface area contributed by atoms with E-state index in [1.807, 2.05) is 0 Å². The van der Waals surface area contributed by atoms with Crippen LogP contribution < -0.4 is 0 Å². The van der Waals surface area contributed by atoms with E-state index in [0.29, 0.717) is 0 Å². The Morgan fingerprint density at radius 3 is 1.00 bits per heavy atom. The molecule has 0 rings (SSSR count). The molecule has 5 heteroatoms. The number of hydrogen-bond donors (Lipinski definition) is 0. The molecule has 0 unspecified atom stereocenters. The Bertz CT molecular complexity index is 181. The Labute approximate surface area is 133 Å². The predicted octanol–water partition coefficient (Wildman–Crippen LogP) is 5.15. The Hall–Kier alpha value is 2.34. The minimum atomic E-state index is -2.21. The summed E-state index contributed by atoms with van der Waals surface area (Å²) < 4.78 is 21.3. The Morgan fingerprint density at radius 1 is 0.611 bits per heavy atom. The van der Waals surface area contributed by atoms with E-state index in [0.717, 1.165) is 0 Å². The Morgan fingerprint density at radius 2 is 0.833 bits per heavy atom. The molecule has 0 aliphatic carbocycles. The standard InChI is InChI=1S/6C2H5.CH3.2O.Sb.2Sn/c6*1-2;;;;;;/h6*1H2,2H3;1H3;;;;;. The van der Waals surface area contributed by atoms with Crippen molar-refractivity contribution in [1.29, 1.82) is 0 Å². The molecule has 0 heterocycles. The molecule has 0 saturated carbocycles. The molecule has 110 valence electrons. The molecule has 0 atom stereocenters. The quantitative estimate of drug-likeness (QED) is 0.333. The molecule has 18 heavy (non-hydrogen) atoms. The molecule has 0 aromatic heterocycles. The summed E-state index contributed by atoms with van der Waals surface area (Å²) in [5.74, 6) is 0. The van der Waals surface area contributed by atoms with Crippen LogP contribution in [0.5, 0.6) is 0 Å². The molecule has 0 aliphatic rings. The molecule has 0 amide bonds. The van der Waals surface area contributed by atoms with E-state index in [4.69, 9.17) is 2.71 Å². The van der Waals surface area contributed by atoms with Gasteiger partial charge in [0.15, 0.2) is 0 Å². The minimum absolute atomic E-state index is 1.33. The second-order valence-corrected chi connectivity index (χ2v) is 41.3. The van der Waals surface area contributed by atoms with Gasteiger partial charge in [-0.2, -0.15) is 0 Å². The second-order valence-electron chi connectivity index (χ2n) is 5.11. The van der Waals surface area contributed by atoms with Crippen molar-refractivity contribution in [1.82, 2.24) is 0 Å². The Kier molecular flexibility index (Phi) is 11.4. The summed E-state index contributed by atoms with van der Waals surface area (Å²) >= 11 is -6.25. The molecule has 0 N–H and O–H groups in total. The third kappa shape index (κ3) is 5.99. The van der Waals surface area contributed by atoms with Crippen molar-refractivity contribution in [3.05, 3.63) is 0 Å². The van der Waals surface area contributed by atoms with Crippen LogP contribution in [0.25, 0.3) is 0 Å². The van der Waals surface area contributed by atoms with Gasteiger partial charge in [-0.05, 0) is 0 Å². The first-order chi connectivity index (χ1) is 8.46. The summed E-state index contributed by atoms with van der Waals surface area (Å²) in [4.78, 5) is 2.34. The average molecular weight is 581 g/mol. The van der Waals surface area contributed by atoms with Crippen LogP contribution in [0.1, 0.15) is 41.5 Å². The fourth-order valence-corrected chi connectivity index (χ4v) is 57.7. The van der Waals surface area contributed by atoms with Crippen molar-refractivity contribution in [2.24, 2.45) is 0 Å². The number of hydrogen-bond acceptors (Lipinski definition) is 2. The van der Waals surface area contributed by atoms with Gasteiger partial charge in [-0.15, -0.1) is 0 Å². The van der Waals surface area contributed by atoms with Crippen molar-refractivity contribution in [3.63, 3.8) is 0 Å². The van der Waals surface area contributed by atoms with Gasteiger partial charge in [-0.3, -0.25) is 0 Å². The molecular weight excluding hydrogens is 547 g/mol. The summed E-state index contributed by atoms with van der Waals surface area (Å²) in [5.41, 5.74) is 0. The van der Waals surface area contributed by atoms with Crippen molar-refractivity contribution in [3.8, 4) is 0 Å². The van der Waals surface area contributed by atoms with E-state index in [-0.39, 0.29) is 0 Å². The van der Waals surface area contributed by atoms with E-state index in [1.54, 1.807) is 0 Å². The molecule has 0 aromatic rings. The summed E-state index contributed by atoms with van der Waals surface area (Å²) in [5, 5.41) is 0. The molecule has 0 bridgehead atoms. The van der Waals surface area contributed by atoms with Crippen molar-refractivity contribution in [2.45, 2.75) is 73.0 Å². The van der Waals surface area contributed by atoms with Gasteiger partial charge in [-0.25, -0.2) is 0 Å². The van der Waals surface area contributed by atoms with Crippen molar-refractivity contribution >= 4 is 58.6 Å². The molecule has 0 spiro atoms. The SMILES string of the molecule is C[CH2][Sn]([CH2]C)([CH2]C)[O][Sb]([CH3])[O][Sn]([CH2]C)([CH2]C)[CH2]C. The van der Waals surface area contributed by atoms with Crippen molar-refractivity contribution in [2.75, 3.05) is 0 Å². The van der Waals surface area contributed by atoms with Gasteiger partial charge in [-0.1, -0.05) is 0 Å². The van der Waals surface area contributed by atoms with Gasteiger partial charge in [0.25, 0.3) is 0 Å². The number of rotatable bonds is 10. The van der Waals surface area contributed by atoms with Crippen molar-refractivity contribution < 1.29 is 2.71 Å². The third-order valence-electron chi connectivity index (χ3n) is 4.51. The second kappa shape index (κ2) is 10.1. The normalized spacial score (nSPS) is 13.3. The predicted molar refractivity (Wildman–Crippen MR) is 88.2 cm³/mol. The third-order valence-corrected chi connectivity index (χ3v) is 54.9. The monoisotopic (exact) mass is 582 g/mol. The molecule has 2 nitrogen and oxygen atoms in total. The van der Waals surface area contributed by atoms with E-state index < -0.39 is 58.6 Å². The average Bonchev–Trinajstić information content (AvgIpc) is 2.42. The van der Waals surface area contributed by atoms with Crippen LogP contribution in [-0.4, -0.2) is 58.6 Å². The topological polar surface area (TPSA) is 18.5 Å². The van der Waals surface area contributed by atoms with Crippen LogP contribution in [0, 0.1) is 0 Å². The molecule has 0 fully saturated rings. The van der Waals surface area contributed by atoms with Gasteiger partial charge in [0.1, 0.15) is 0 Å². The molecule has 0 radical (unpaired) electrons. The Balaban J connectivity index is 4.61. The molecular formula is C13H33O2SbSn2. The van der Waals surface area contributed by atoms with Gasteiger partial charge in [0, 0.05) is 0 Å². The van der Waals surface area contributed by atoms with Crippen LogP contribution >= 0.6 is 0 Å². The zero-order chi connectivity index (χ0) is 14.2. The van der Waals surface area contributed by atoms with Gasteiger partial charge in [0.05, 0.1) is 0 Å². The first kappa shape index (κ1) is 20.3.